The van der Waals surface area contributed by atoms with Gasteiger partial charge in [-0.25, -0.2) is 58.0 Å². The molecule has 4 saturated heterocycles. The number of ether oxygens (including phenoxy) is 2. The number of aromatic nitrogens is 5. The Kier molecular flexibility index (Phi) is 29.7. The maximum atomic E-state index is 13.3. The van der Waals surface area contributed by atoms with E-state index >= 15 is 0 Å². The summed E-state index contributed by atoms with van der Waals surface area (Å²) in [7, 11) is -14.9. The molecule has 5 aliphatic rings. The first-order chi connectivity index (χ1) is 63.3. The zero-order valence-electron chi connectivity index (χ0n) is 70.5. The first-order valence-electron chi connectivity index (χ1n) is 41.0. The number of nitrogens with one attached hydrogen (secondary N) is 5. The van der Waals surface area contributed by atoms with E-state index in [1.165, 1.54) is 119 Å². The van der Waals surface area contributed by atoms with Crippen LogP contribution in [0.25, 0.3) is 10.9 Å². The molecule has 0 bridgehead atoms. The molecular weight excluding hydrogens is 1920 g/mol. The van der Waals surface area contributed by atoms with Gasteiger partial charge in [0.05, 0.1) is 35.1 Å². The lowest BCUT2D eigenvalue weighted by molar-refractivity contribution is -0.134. The van der Waals surface area contributed by atoms with E-state index in [2.05, 4.69) is 53.9 Å². The Morgan fingerprint density at radius 2 is 1.05 bits per heavy atom. The van der Waals surface area contributed by atoms with Crippen molar-refractivity contribution in [3.05, 3.63) is 260 Å². The highest BCUT2D eigenvalue weighted by Gasteiger charge is 2.41. The minimum absolute atomic E-state index is 0. The molecule has 0 spiro atoms. The van der Waals surface area contributed by atoms with Gasteiger partial charge >= 0.3 is 0 Å². The maximum Gasteiger partial charge on any atom is 0.268 e. The second-order valence-electron chi connectivity index (χ2n) is 30.5. The lowest BCUT2D eigenvalue weighted by Gasteiger charge is -2.37. The number of sulfonamides is 4. The minimum Gasteiger partial charge on any atom is -0.484 e. The molecule has 10 heterocycles. The molecule has 4 fully saturated rings. The molecular formula is C88H95Cl3FN17O15S8. The molecule has 0 saturated carbocycles. The Balaban J connectivity index is 0.000000187. The Labute approximate surface area is 799 Å². The third-order valence-electron chi connectivity index (χ3n) is 21.9. The van der Waals surface area contributed by atoms with E-state index in [1.54, 1.807) is 115 Å². The summed E-state index contributed by atoms with van der Waals surface area (Å²) < 4.78 is 137. The van der Waals surface area contributed by atoms with Crippen molar-refractivity contribution in [3.63, 3.8) is 0 Å². The first-order valence-corrected chi connectivity index (χ1v) is 51.6. The number of anilines is 10. The number of carbonyl (C=O) groups excluding carboxylic acids is 5. The van der Waals surface area contributed by atoms with Crippen molar-refractivity contribution < 1.29 is 78.6 Å². The van der Waals surface area contributed by atoms with Gasteiger partial charge in [-0.15, -0.1) is 45.3 Å². The maximum absolute atomic E-state index is 13.3. The number of hydrogen-bond acceptors (Lipinski definition) is 26. The van der Waals surface area contributed by atoms with Gasteiger partial charge in [-0.05, 0) is 195 Å². The lowest BCUT2D eigenvalue weighted by atomic mass is 10.1. The van der Waals surface area contributed by atoms with Crippen LogP contribution in [0, 0.1) is 12.7 Å². The summed E-state index contributed by atoms with van der Waals surface area (Å²) in [5.74, 6) is -0.208. The summed E-state index contributed by atoms with van der Waals surface area (Å²) in [6.07, 6.45) is 9.41. The number of carbonyl (C=O) groups is 5. The van der Waals surface area contributed by atoms with E-state index in [4.69, 9.17) is 44.3 Å². The van der Waals surface area contributed by atoms with Crippen LogP contribution in [0.15, 0.2) is 248 Å². The van der Waals surface area contributed by atoms with Gasteiger partial charge in [0.25, 0.3) is 51.9 Å². The molecule has 5 amide bonds. The molecule has 44 heteroatoms. The lowest BCUT2D eigenvalue weighted by Crippen LogP contribution is -2.50. The molecule has 132 heavy (non-hydrogen) atoms. The van der Waals surface area contributed by atoms with Crippen LogP contribution in [-0.2, 0) is 70.5 Å². The van der Waals surface area contributed by atoms with E-state index in [-0.39, 0.29) is 80.0 Å². The number of halogens is 4. The molecule has 3 atom stereocenters. The van der Waals surface area contributed by atoms with Crippen LogP contribution < -0.4 is 58.2 Å². The second-order valence-corrected chi connectivity index (χ2v) is 42.0. The highest BCUT2D eigenvalue weighted by Crippen LogP contribution is 2.39. The largest absolute Gasteiger partial charge is 0.484 e. The fourth-order valence-corrected chi connectivity index (χ4v) is 23.1. The third kappa shape index (κ3) is 23.0. The van der Waals surface area contributed by atoms with Crippen LogP contribution >= 0.6 is 80.1 Å². The number of aryl methyl sites for hydroxylation is 1. The van der Waals surface area contributed by atoms with E-state index in [0.717, 1.165) is 57.7 Å². The minimum atomic E-state index is -3.75. The van der Waals surface area contributed by atoms with E-state index in [1.807, 2.05) is 89.0 Å². The molecule has 5 N–H and O–H groups in total. The Morgan fingerprint density at radius 1 is 0.523 bits per heavy atom. The smallest absolute Gasteiger partial charge is 0.268 e. The van der Waals surface area contributed by atoms with Gasteiger partial charge in [-0.2, -0.15) is 0 Å². The van der Waals surface area contributed by atoms with Crippen molar-refractivity contribution >= 4 is 215 Å². The molecule has 1 unspecified atom stereocenters. The van der Waals surface area contributed by atoms with E-state index in [0.29, 0.717) is 132 Å². The van der Waals surface area contributed by atoms with Crippen molar-refractivity contribution in [3.8, 4) is 11.5 Å². The zero-order valence-corrected chi connectivity index (χ0v) is 79.3. The average Bonchev–Trinajstić information content (AvgIpc) is 1.65. The third-order valence-corrected chi connectivity index (χ3v) is 31.4. The standard InChI is InChI=1S/C24H24ClN5O3S2.C23H23N5O4S2.C21H20ClFN4O4S2.C20H18ClN3O4S2.5H2/c1-17(30-10-8-18-2-3-19(25)16-22(18)30)23(31)29-13-11-28(12-14-29)20-4-6-21(7-5-20)35(32,33)27-24-26-9-15-34-24;1-15(29)25-17-2-7-20-16(14-17)8-11-28(20)21-9-12-27(22(21)30)18-3-5-19(6-4-18)34(31,32)26-23-24-10-13-33-23;22-18-13-16(4-5-19(18)23)31-14-20(28)27-9-7-26(8-10-27)15-2-1-3-17(12-15)33(29,30)25-21-24-6-11-32-21;1-13-2-7-17(16(21)12-13)28-18-8-10-24(19(18)25)14-3-5-15(6-4-14)30(26,27)23-20-22-9-11-29-20;;;;;/h2-10,15-17H,11-14H2,1H3,(H,26,27);2-7,10,13-14,21H,8-9,11-12H2,1H3,(H,24,26)(H,25,29);1-6,11-13H,7-10,14H2,(H,24,25);2-7,9,11-12,18H,8,10H2,1H3,(H,22,23);5*1H/t17-;21-;;;;;;;/m10......./s1. The highest BCUT2D eigenvalue weighted by molar-refractivity contribution is 7.94. The van der Waals surface area contributed by atoms with Gasteiger partial charge < -0.3 is 53.7 Å². The fourth-order valence-electron chi connectivity index (χ4n) is 15.2. The summed E-state index contributed by atoms with van der Waals surface area (Å²) >= 11 is 22.9. The average molecular weight is 2010 g/mol. The number of amides is 5. The van der Waals surface area contributed by atoms with Crippen LogP contribution in [0.4, 0.5) is 59.0 Å². The van der Waals surface area contributed by atoms with Crippen molar-refractivity contribution in [1.29, 1.82) is 0 Å². The van der Waals surface area contributed by atoms with Gasteiger partial charge in [0, 0.05) is 190 Å². The van der Waals surface area contributed by atoms with Crippen LogP contribution in [0.2, 0.25) is 15.1 Å². The fraction of sp³-hybridized carbons (Fsp3) is 0.239. The second kappa shape index (κ2) is 41.4. The summed E-state index contributed by atoms with van der Waals surface area (Å²) in [6.45, 7) is 11.4. The number of fused-ring (bicyclic) bond motifs is 2. The Hall–Kier alpha value is -12.0. The molecule has 8 aromatic carbocycles. The van der Waals surface area contributed by atoms with Crippen molar-refractivity contribution in [2.24, 2.45) is 0 Å². The summed E-state index contributed by atoms with van der Waals surface area (Å²) in [5.41, 5.74) is 7.78. The molecule has 0 aliphatic carbocycles. The predicted molar refractivity (Wildman–Crippen MR) is 524 cm³/mol. The topological polar surface area (TPSA) is 380 Å². The number of nitrogens with zero attached hydrogens (tertiary/aromatic N) is 12. The number of piperazine rings is 2. The van der Waals surface area contributed by atoms with Gasteiger partial charge in [0.1, 0.15) is 29.4 Å². The van der Waals surface area contributed by atoms with Crippen LogP contribution in [-0.4, -0.2) is 188 Å². The molecule has 32 nitrogen and oxygen atoms in total. The molecule has 698 valence electrons. The normalized spacial score (nSPS) is 16.0. The SMILES string of the molecule is CC(=O)Nc1ccc2c(c1)CCN2[C@H]1CCN(c2ccc(S(=O)(=O)Nc3nccs3)cc2)C1=O.C[C@H](C(=O)N1CCN(c2ccc(S(=O)(=O)Nc3nccs3)cc2)CC1)n1ccc2ccc(Cl)cc21.Cc1ccc(OC2CCN(c3ccc(S(=O)(=O)Nc4nccs4)cc3)C2=O)c(Cl)c1.O=C(COc1ccc(F)c(Cl)c1)N1CCN(c2cccc(S(=O)(=O)Nc3nccs3)c2)CC1.[HH].[HH].[HH].[HH].[HH]. The molecule has 5 aliphatic heterocycles. The molecule has 0 radical (unpaired) electrons. The number of thiazole rings is 4. The van der Waals surface area contributed by atoms with Crippen molar-refractivity contribution in [1.82, 2.24) is 34.3 Å². The van der Waals surface area contributed by atoms with Gasteiger partial charge in [0.15, 0.2) is 33.2 Å². The molecule has 13 aromatic rings. The van der Waals surface area contributed by atoms with E-state index in [9.17, 15) is 62.0 Å². The monoisotopic (exact) mass is 2010 g/mol. The number of rotatable bonds is 25. The first kappa shape index (κ1) is 94.6. The quantitative estimate of drug-likeness (QED) is 0.0355. The van der Waals surface area contributed by atoms with E-state index < -0.39 is 52.0 Å². The number of hydrogen-bond donors (Lipinski definition) is 5. The van der Waals surface area contributed by atoms with Crippen molar-refractivity contribution in [2.75, 3.05) is 127 Å². The van der Waals surface area contributed by atoms with Crippen LogP contribution in [0.5, 0.6) is 11.5 Å². The summed E-state index contributed by atoms with van der Waals surface area (Å²) in [5, 5.41) is 12.9. The molecule has 18 rings (SSSR count). The number of benzene rings is 8. The van der Waals surface area contributed by atoms with Gasteiger partial charge in [0.2, 0.25) is 17.7 Å². The van der Waals surface area contributed by atoms with Crippen LogP contribution in [0.3, 0.4) is 0 Å². The van der Waals surface area contributed by atoms with Gasteiger partial charge in [-0.3, -0.25) is 42.9 Å². The highest BCUT2D eigenvalue weighted by atomic mass is 35.5. The zero-order chi connectivity index (χ0) is 93.2. The van der Waals surface area contributed by atoms with Crippen molar-refractivity contribution in [2.45, 2.75) is 77.8 Å². The molecule has 5 aromatic heterocycles. The Morgan fingerprint density at radius 3 is 1.58 bits per heavy atom. The predicted octanol–water partition coefficient (Wildman–Crippen LogP) is 16.3. The van der Waals surface area contributed by atoms with Crippen LogP contribution in [0.1, 0.15) is 51.0 Å². The Bertz CT molecular complexity index is 6840. The van der Waals surface area contributed by atoms with Gasteiger partial charge in [-0.1, -0.05) is 53.0 Å². The summed E-state index contributed by atoms with van der Waals surface area (Å²) in [4.78, 5) is 92.6. The summed E-state index contributed by atoms with van der Waals surface area (Å²) in [6, 6.07) is 48.1.